The third-order valence-corrected chi connectivity index (χ3v) is 13.2. The van der Waals surface area contributed by atoms with Gasteiger partial charge in [-0.15, -0.1) is 11.8 Å². The maximum absolute atomic E-state index is 14.0. The van der Waals surface area contributed by atoms with Crippen molar-refractivity contribution in [1.29, 1.82) is 0 Å². The topological polar surface area (TPSA) is 219 Å². The van der Waals surface area contributed by atoms with E-state index in [-0.39, 0.29) is 6.42 Å². The smallest absolute Gasteiger partial charge is 0.330 e. The van der Waals surface area contributed by atoms with Gasteiger partial charge in [0.15, 0.2) is 15.4 Å². The number of hydrogen-bond acceptors (Lipinski definition) is 11. The number of nitrogens with two attached hydrogens (primary N) is 2. The van der Waals surface area contributed by atoms with Gasteiger partial charge in [-0.2, -0.15) is 0 Å². The molecule has 14 nitrogen and oxygen atoms in total. The Labute approximate surface area is 246 Å². The summed E-state index contributed by atoms with van der Waals surface area (Å²) in [6, 6.07) is 4.28. The number of carboxylic acid groups (broad SMARTS) is 1. The van der Waals surface area contributed by atoms with Gasteiger partial charge >= 0.3 is 11.9 Å². The van der Waals surface area contributed by atoms with Gasteiger partial charge in [0.05, 0.1) is 11.2 Å². The minimum Gasteiger partial charge on any atom is -0.480 e. The average Bonchev–Trinajstić information content (AvgIpc) is 3.26. The van der Waals surface area contributed by atoms with Gasteiger partial charge < -0.3 is 36.4 Å². The fourth-order valence-corrected chi connectivity index (χ4v) is 10.3. The highest BCUT2D eigenvalue weighted by Crippen LogP contribution is 2.56. The summed E-state index contributed by atoms with van der Waals surface area (Å²) in [6.45, 7) is 5.40. The van der Waals surface area contributed by atoms with Gasteiger partial charge in [-0.05, 0) is 33.3 Å². The molecular weight excluding hydrogens is 590 g/mol. The Kier molecular flexibility index (Phi) is 6.95. The van der Waals surface area contributed by atoms with Crippen LogP contribution in [0.1, 0.15) is 45.7 Å². The van der Waals surface area contributed by atoms with Crippen molar-refractivity contribution in [1.82, 2.24) is 15.1 Å². The minimum absolute atomic E-state index is 0.259. The van der Waals surface area contributed by atoms with Crippen LogP contribution >= 0.6 is 11.8 Å². The zero-order chi connectivity index (χ0) is 31.2. The molecule has 0 radical (unpaired) electrons. The number of amides is 3. The number of benzene rings is 1. The number of carbonyl (C=O) groups excluding carboxylic acids is 4. The Morgan fingerprint density at radius 3 is 2.29 bits per heavy atom. The predicted octanol–water partition coefficient (Wildman–Crippen LogP) is -1.31. The fraction of sp³-hybridized carbons (Fsp3) is 0.577. The predicted molar refractivity (Wildman–Crippen MR) is 149 cm³/mol. The van der Waals surface area contributed by atoms with Gasteiger partial charge in [-0.25, -0.2) is 18.0 Å². The van der Waals surface area contributed by atoms with Crippen LogP contribution in [0.25, 0.3) is 0 Å². The average molecular weight is 624 g/mol. The zero-order valence-electron chi connectivity index (χ0n) is 23.3. The molecular formula is C26H33N5O9S2. The second kappa shape index (κ2) is 9.65. The number of aliphatic carboxylic acids is 1. The quantitative estimate of drug-likeness (QED) is 0.196. The van der Waals surface area contributed by atoms with Crippen molar-refractivity contribution in [3.05, 3.63) is 35.9 Å². The molecule has 5 rings (SSSR count). The van der Waals surface area contributed by atoms with Crippen LogP contribution in [-0.4, -0.2) is 103 Å². The van der Waals surface area contributed by atoms with Crippen molar-refractivity contribution < 1.29 is 42.2 Å². The molecule has 0 spiro atoms. The van der Waals surface area contributed by atoms with Gasteiger partial charge in [0.1, 0.15) is 35.0 Å². The molecule has 4 heterocycles. The highest BCUT2D eigenvalue weighted by Gasteiger charge is 2.76. The van der Waals surface area contributed by atoms with E-state index in [9.17, 15) is 37.5 Å². The number of thioether (sulfide) groups is 1. The fourth-order valence-electron chi connectivity index (χ4n) is 6.41. The van der Waals surface area contributed by atoms with E-state index in [2.05, 4.69) is 5.32 Å². The molecule has 228 valence electrons. The van der Waals surface area contributed by atoms with Crippen molar-refractivity contribution >= 4 is 51.3 Å². The number of nitrogens with zero attached hydrogens (tertiary/aromatic N) is 2. The molecule has 4 aliphatic heterocycles. The van der Waals surface area contributed by atoms with Crippen molar-refractivity contribution in [3.63, 3.8) is 0 Å². The molecule has 0 aliphatic carbocycles. The number of sulfone groups is 1. The first-order valence-electron chi connectivity index (χ1n) is 13.3. The third kappa shape index (κ3) is 3.91. The van der Waals surface area contributed by atoms with Crippen LogP contribution < -0.4 is 16.8 Å². The van der Waals surface area contributed by atoms with Gasteiger partial charge in [0, 0.05) is 11.3 Å². The lowest BCUT2D eigenvalue weighted by Gasteiger charge is -2.55. The molecule has 4 aliphatic rings. The van der Waals surface area contributed by atoms with E-state index in [4.69, 9.17) is 16.2 Å². The number of hydrogen-bond donors (Lipinski definition) is 4. The molecule has 16 heteroatoms. The minimum atomic E-state index is -3.94. The highest BCUT2D eigenvalue weighted by atomic mass is 32.2. The van der Waals surface area contributed by atoms with Crippen LogP contribution in [0.4, 0.5) is 0 Å². The van der Waals surface area contributed by atoms with E-state index in [0.717, 1.165) is 21.6 Å². The maximum Gasteiger partial charge on any atom is 0.330 e. The number of β-lactam (4-membered cyclic amide) rings is 2. The Morgan fingerprint density at radius 1 is 1.12 bits per heavy atom. The van der Waals surface area contributed by atoms with Crippen molar-refractivity contribution in [2.75, 3.05) is 6.54 Å². The van der Waals surface area contributed by atoms with Crippen LogP contribution in [0, 0.1) is 0 Å². The second-order valence-electron chi connectivity index (χ2n) is 11.9. The molecule has 2 unspecified atom stereocenters. The summed E-state index contributed by atoms with van der Waals surface area (Å²) in [5, 5.41) is 10.4. The van der Waals surface area contributed by atoms with Gasteiger partial charge in [0.25, 0.3) is 5.91 Å². The molecule has 0 aromatic heterocycles. The number of carbonyl (C=O) groups is 5. The molecule has 4 saturated heterocycles. The van der Waals surface area contributed by atoms with E-state index >= 15 is 0 Å². The van der Waals surface area contributed by atoms with Crippen molar-refractivity contribution in [2.24, 2.45) is 11.5 Å². The van der Waals surface area contributed by atoms with Crippen LogP contribution in [0.5, 0.6) is 0 Å². The number of rotatable bonds is 8. The first kappa shape index (κ1) is 30.3. The first-order valence-corrected chi connectivity index (χ1v) is 15.7. The summed E-state index contributed by atoms with van der Waals surface area (Å²) in [5.41, 5.74) is 10.7. The summed E-state index contributed by atoms with van der Waals surface area (Å²) < 4.78 is 29.2. The molecule has 0 bridgehead atoms. The molecule has 7 atom stereocenters. The standard InChI is InChI=1S/C26H33N5O9S2/c1-24(2)17(20(34)35)31-22(37)26(23(31)41-24,29-19(33)16(28)12-8-6-5-7-9-12)13(11-27)40-21(36)18-25(3,4)42(38,39)15-10-14(32)30(15)18/h5-9,13,15-18,23H,10-11,27-28H2,1-4H3,(H,29,33)(H,34,35)/t13?,15-,16?,17+,18+,23-,26-/m1/s1. The summed E-state index contributed by atoms with van der Waals surface area (Å²) >= 11 is 1.09. The summed E-state index contributed by atoms with van der Waals surface area (Å²) in [6.07, 6.45) is -1.82. The number of esters is 1. The van der Waals surface area contributed by atoms with E-state index < -0.39 is 96.1 Å². The van der Waals surface area contributed by atoms with Crippen LogP contribution in [0.3, 0.4) is 0 Å². The van der Waals surface area contributed by atoms with Crippen LogP contribution in [0.2, 0.25) is 0 Å². The highest BCUT2D eigenvalue weighted by molar-refractivity contribution is 8.01. The molecule has 0 saturated carbocycles. The first-order chi connectivity index (χ1) is 19.4. The summed E-state index contributed by atoms with van der Waals surface area (Å²) in [7, 11) is -3.94. The maximum atomic E-state index is 14.0. The molecule has 1 aromatic carbocycles. The molecule has 1 aromatic rings. The number of nitrogens with one attached hydrogen (secondary N) is 1. The van der Waals surface area contributed by atoms with E-state index in [1.54, 1.807) is 44.2 Å². The normalized spacial score (nSPS) is 33.0. The Hall–Kier alpha value is -3.21. The van der Waals surface area contributed by atoms with Gasteiger partial charge in [0.2, 0.25) is 11.8 Å². The number of carboxylic acids is 1. The van der Waals surface area contributed by atoms with Crippen molar-refractivity contribution in [3.8, 4) is 0 Å². The lowest BCUT2D eigenvalue weighted by atomic mass is 9.79. The van der Waals surface area contributed by atoms with Crippen LogP contribution in [-0.2, 0) is 38.5 Å². The molecule has 4 fully saturated rings. The molecule has 3 amide bonds. The second-order valence-corrected chi connectivity index (χ2v) is 16.4. The Bertz CT molecular complexity index is 1480. The lowest BCUT2D eigenvalue weighted by molar-refractivity contribution is -0.187. The molecule has 42 heavy (non-hydrogen) atoms. The Balaban J connectivity index is 1.52. The van der Waals surface area contributed by atoms with E-state index in [0.29, 0.717) is 5.56 Å². The summed E-state index contributed by atoms with van der Waals surface area (Å²) in [4.78, 5) is 67.8. The number of ether oxygens (including phenoxy) is 1. The van der Waals surface area contributed by atoms with Gasteiger partial charge in [-0.3, -0.25) is 14.4 Å². The zero-order valence-corrected chi connectivity index (χ0v) is 25.0. The van der Waals surface area contributed by atoms with Crippen LogP contribution in [0.15, 0.2) is 30.3 Å². The van der Waals surface area contributed by atoms with E-state index in [1.165, 1.54) is 13.8 Å². The Morgan fingerprint density at radius 2 is 1.74 bits per heavy atom. The largest absolute Gasteiger partial charge is 0.480 e. The van der Waals surface area contributed by atoms with Gasteiger partial charge in [-0.1, -0.05) is 30.3 Å². The van der Waals surface area contributed by atoms with E-state index in [1.807, 2.05) is 0 Å². The van der Waals surface area contributed by atoms with Crippen molar-refractivity contribution in [2.45, 2.75) is 84.1 Å². The SMILES string of the molecule is CC1(C)S[C@H]2N(C(=O)[C@]2(NC(=O)C(N)c2ccccc2)C(CN)OC(=O)[C@@H]2N3C(=O)C[C@H]3S(=O)(=O)C2(C)C)[C@H]1C(=O)O. The third-order valence-electron chi connectivity index (χ3n) is 8.77. The monoisotopic (exact) mass is 623 g/mol. The lowest BCUT2D eigenvalue weighted by Crippen LogP contribution is -2.85. The number of fused-ring (bicyclic) bond motifs is 2. The summed E-state index contributed by atoms with van der Waals surface area (Å²) in [5.74, 6) is -4.56. The molecule has 6 N–H and O–H groups in total.